The van der Waals surface area contributed by atoms with Crippen LogP contribution in [0.3, 0.4) is 0 Å². The number of carbonyl (C=O) groups is 1. The molecule has 5 heteroatoms. The van der Waals surface area contributed by atoms with E-state index in [1.165, 1.54) is 0 Å². The first-order valence-electron chi connectivity index (χ1n) is 5.95. The number of thiazole rings is 1. The lowest BCUT2D eigenvalue weighted by molar-refractivity contribution is 0.0693. The van der Waals surface area contributed by atoms with Crippen molar-refractivity contribution in [1.29, 1.82) is 0 Å². The zero-order valence-corrected chi connectivity index (χ0v) is 11.3. The molecule has 0 aliphatic carbocycles. The fourth-order valence-corrected chi connectivity index (χ4v) is 2.25. The van der Waals surface area contributed by atoms with Gasteiger partial charge in [0, 0.05) is 0 Å². The summed E-state index contributed by atoms with van der Waals surface area (Å²) in [5.74, 6) is -0.682. The molecule has 0 aliphatic rings. The molecule has 0 saturated heterocycles. The molecule has 0 saturated carbocycles. The van der Waals surface area contributed by atoms with Crippen LogP contribution in [0.25, 0.3) is 0 Å². The topological polar surface area (TPSA) is 59.4 Å². The summed E-state index contributed by atoms with van der Waals surface area (Å²) in [6.45, 7) is 5.96. The van der Waals surface area contributed by atoms with E-state index in [-0.39, 0.29) is 16.9 Å². The van der Waals surface area contributed by atoms with Crippen molar-refractivity contribution in [3.05, 3.63) is 9.88 Å². The maximum atomic E-state index is 11.0. The Kier molecular flexibility index (Phi) is 5.41. The lowest BCUT2D eigenvalue weighted by Gasteiger charge is -2.15. The molecular weight excluding hydrogens is 238 g/mol. The van der Waals surface area contributed by atoms with Gasteiger partial charge in [0.1, 0.15) is 6.10 Å². The molecule has 0 amide bonds. The standard InChI is InChI=1S/C12H19NO3S/c1-4-6-7-9(5-2)16-11-10(12(14)15)17-8(3)13-11/h9H,4-7H2,1-3H3,(H,14,15). The summed E-state index contributed by atoms with van der Waals surface area (Å²) in [6, 6.07) is 0. The Morgan fingerprint density at radius 1 is 1.53 bits per heavy atom. The zero-order chi connectivity index (χ0) is 12.8. The van der Waals surface area contributed by atoms with E-state index in [9.17, 15) is 4.79 Å². The molecule has 1 aromatic heterocycles. The Hall–Kier alpha value is -1.10. The van der Waals surface area contributed by atoms with E-state index in [2.05, 4.69) is 11.9 Å². The third kappa shape index (κ3) is 4.00. The van der Waals surface area contributed by atoms with Gasteiger partial charge in [-0.25, -0.2) is 9.78 Å². The molecule has 1 heterocycles. The van der Waals surface area contributed by atoms with Crippen molar-refractivity contribution in [2.45, 2.75) is 52.6 Å². The van der Waals surface area contributed by atoms with E-state index < -0.39 is 5.97 Å². The molecule has 0 radical (unpaired) electrons. The van der Waals surface area contributed by atoms with Crippen LogP contribution in [0.4, 0.5) is 0 Å². The highest BCUT2D eigenvalue weighted by Crippen LogP contribution is 2.26. The number of rotatable bonds is 7. The van der Waals surface area contributed by atoms with Gasteiger partial charge in [-0.3, -0.25) is 0 Å². The number of aromatic carboxylic acids is 1. The van der Waals surface area contributed by atoms with Crippen molar-refractivity contribution in [2.75, 3.05) is 0 Å². The van der Waals surface area contributed by atoms with Crippen molar-refractivity contribution in [3.8, 4) is 5.88 Å². The van der Waals surface area contributed by atoms with Crippen LogP contribution < -0.4 is 4.74 Å². The van der Waals surface area contributed by atoms with Gasteiger partial charge < -0.3 is 9.84 Å². The van der Waals surface area contributed by atoms with Gasteiger partial charge in [0.05, 0.1) is 5.01 Å². The van der Waals surface area contributed by atoms with Crippen molar-refractivity contribution in [3.63, 3.8) is 0 Å². The van der Waals surface area contributed by atoms with E-state index >= 15 is 0 Å². The molecule has 1 unspecified atom stereocenters. The van der Waals surface area contributed by atoms with Gasteiger partial charge in [0.2, 0.25) is 5.88 Å². The first-order valence-corrected chi connectivity index (χ1v) is 6.77. The predicted octanol–water partition coefficient (Wildman–Crippen LogP) is 3.50. The minimum absolute atomic E-state index is 0.0644. The molecule has 17 heavy (non-hydrogen) atoms. The summed E-state index contributed by atoms with van der Waals surface area (Å²) in [5.41, 5.74) is 0. The Morgan fingerprint density at radius 3 is 2.76 bits per heavy atom. The Morgan fingerprint density at radius 2 is 2.24 bits per heavy atom. The number of carboxylic acid groups (broad SMARTS) is 1. The summed E-state index contributed by atoms with van der Waals surface area (Å²) in [6.07, 6.45) is 4.08. The van der Waals surface area contributed by atoms with Crippen LogP contribution in [-0.2, 0) is 0 Å². The van der Waals surface area contributed by atoms with E-state index in [0.29, 0.717) is 0 Å². The largest absolute Gasteiger partial charge is 0.477 e. The number of aromatic nitrogens is 1. The van der Waals surface area contributed by atoms with Gasteiger partial charge in [0.15, 0.2) is 4.88 Å². The van der Waals surface area contributed by atoms with Crippen LogP contribution >= 0.6 is 11.3 Å². The molecule has 0 fully saturated rings. The smallest absolute Gasteiger partial charge is 0.351 e. The van der Waals surface area contributed by atoms with Crippen molar-refractivity contribution in [1.82, 2.24) is 4.98 Å². The minimum atomic E-state index is -0.962. The third-order valence-electron chi connectivity index (χ3n) is 2.51. The molecule has 4 nitrogen and oxygen atoms in total. The fourth-order valence-electron chi connectivity index (χ4n) is 1.56. The maximum Gasteiger partial charge on any atom is 0.351 e. The third-order valence-corrected chi connectivity index (χ3v) is 3.45. The van der Waals surface area contributed by atoms with Crippen LogP contribution in [0.1, 0.15) is 54.2 Å². The molecule has 1 atom stereocenters. The van der Waals surface area contributed by atoms with Gasteiger partial charge in [-0.15, -0.1) is 11.3 Å². The van der Waals surface area contributed by atoms with Gasteiger partial charge in [0.25, 0.3) is 0 Å². The number of unbranched alkanes of at least 4 members (excludes halogenated alkanes) is 1. The van der Waals surface area contributed by atoms with Gasteiger partial charge >= 0.3 is 5.97 Å². The highest BCUT2D eigenvalue weighted by molar-refractivity contribution is 7.13. The van der Waals surface area contributed by atoms with Gasteiger partial charge in [-0.1, -0.05) is 26.7 Å². The normalized spacial score (nSPS) is 12.4. The lowest BCUT2D eigenvalue weighted by Crippen LogP contribution is -2.16. The SMILES string of the molecule is CCCCC(CC)Oc1nc(C)sc1C(=O)O. The van der Waals surface area contributed by atoms with E-state index in [4.69, 9.17) is 9.84 Å². The Balaban J connectivity index is 2.74. The fraction of sp³-hybridized carbons (Fsp3) is 0.667. The lowest BCUT2D eigenvalue weighted by atomic mass is 10.1. The number of hydrogen-bond acceptors (Lipinski definition) is 4. The second-order valence-corrected chi connectivity index (χ2v) is 5.17. The first kappa shape index (κ1) is 14.0. The average molecular weight is 257 g/mol. The van der Waals surface area contributed by atoms with Gasteiger partial charge in [-0.2, -0.15) is 0 Å². The molecule has 0 aromatic carbocycles. The number of carboxylic acids is 1. The van der Waals surface area contributed by atoms with Crippen molar-refractivity contribution in [2.24, 2.45) is 0 Å². The maximum absolute atomic E-state index is 11.0. The highest BCUT2D eigenvalue weighted by Gasteiger charge is 2.20. The minimum Gasteiger partial charge on any atom is -0.477 e. The highest BCUT2D eigenvalue weighted by atomic mass is 32.1. The van der Waals surface area contributed by atoms with Crippen molar-refractivity contribution < 1.29 is 14.6 Å². The summed E-state index contributed by atoms with van der Waals surface area (Å²) in [5, 5.41) is 9.76. The van der Waals surface area contributed by atoms with Crippen LogP contribution in [0, 0.1) is 6.92 Å². The molecule has 1 rings (SSSR count). The predicted molar refractivity (Wildman–Crippen MR) is 68.0 cm³/mol. The monoisotopic (exact) mass is 257 g/mol. The molecule has 0 aliphatic heterocycles. The molecular formula is C12H19NO3S. The number of nitrogens with zero attached hydrogens (tertiary/aromatic N) is 1. The van der Waals surface area contributed by atoms with E-state index in [0.717, 1.165) is 42.0 Å². The quantitative estimate of drug-likeness (QED) is 0.812. The van der Waals surface area contributed by atoms with Crippen LogP contribution in [-0.4, -0.2) is 22.2 Å². The van der Waals surface area contributed by atoms with Crippen LogP contribution in [0.5, 0.6) is 5.88 Å². The van der Waals surface area contributed by atoms with E-state index in [1.807, 2.05) is 6.92 Å². The number of ether oxygens (including phenoxy) is 1. The Bertz CT molecular complexity index is 376. The summed E-state index contributed by atoms with van der Waals surface area (Å²) in [4.78, 5) is 15.4. The number of aryl methyl sites for hydroxylation is 1. The second-order valence-electron chi connectivity index (χ2n) is 3.96. The summed E-state index contributed by atoms with van der Waals surface area (Å²) < 4.78 is 5.70. The van der Waals surface area contributed by atoms with Crippen molar-refractivity contribution >= 4 is 17.3 Å². The van der Waals surface area contributed by atoms with Crippen LogP contribution in [0.2, 0.25) is 0 Å². The summed E-state index contributed by atoms with van der Waals surface area (Å²) >= 11 is 1.16. The molecule has 0 spiro atoms. The van der Waals surface area contributed by atoms with E-state index in [1.54, 1.807) is 6.92 Å². The molecule has 96 valence electrons. The zero-order valence-electron chi connectivity index (χ0n) is 10.5. The average Bonchev–Trinajstić information content (AvgIpc) is 2.65. The van der Waals surface area contributed by atoms with Crippen LogP contribution in [0.15, 0.2) is 0 Å². The number of hydrogen-bond donors (Lipinski definition) is 1. The second kappa shape index (κ2) is 6.59. The Labute approximate surface area is 106 Å². The molecule has 0 bridgehead atoms. The molecule has 1 N–H and O–H groups in total. The first-order chi connectivity index (χ1) is 8.08. The van der Waals surface area contributed by atoms with Gasteiger partial charge in [-0.05, 0) is 19.8 Å². The summed E-state index contributed by atoms with van der Waals surface area (Å²) in [7, 11) is 0. The molecule has 1 aromatic rings.